The number of hydrogen-bond donors (Lipinski definition) is 2. The smallest absolute Gasteiger partial charge is 0.220 e. The molecule has 2 N–H and O–H groups in total. The second-order valence-corrected chi connectivity index (χ2v) is 11.6. The fourth-order valence-electron chi connectivity index (χ4n) is 9.55. The molecule has 0 aromatic heterocycles. The summed E-state index contributed by atoms with van der Waals surface area (Å²) < 4.78 is 0. The molecule has 0 saturated heterocycles. The quantitative estimate of drug-likeness (QED) is 0.819. The first kappa shape index (κ1) is 15.5. The first-order valence-electron chi connectivity index (χ1n) is 10.9. The third-order valence-corrected chi connectivity index (χ3v) is 9.13. The molecule has 8 fully saturated rings. The zero-order chi connectivity index (χ0) is 16.9. The Kier molecular flexibility index (Phi) is 2.99. The Labute approximate surface area is 151 Å². The third-order valence-electron chi connectivity index (χ3n) is 9.13. The molecule has 2 atom stereocenters. The molecule has 0 aromatic rings. The van der Waals surface area contributed by atoms with Gasteiger partial charge in [-0.1, -0.05) is 0 Å². The Morgan fingerprint density at radius 1 is 0.800 bits per heavy atom. The molecule has 8 aliphatic rings. The van der Waals surface area contributed by atoms with Gasteiger partial charge < -0.3 is 10.4 Å². The summed E-state index contributed by atoms with van der Waals surface area (Å²) >= 11 is 0. The molecule has 8 aliphatic carbocycles. The highest BCUT2D eigenvalue weighted by Gasteiger charge is 2.58. The lowest BCUT2D eigenvalue weighted by molar-refractivity contribution is -0.170. The molecule has 0 aliphatic heterocycles. The Morgan fingerprint density at radius 2 is 1.32 bits per heavy atom. The normalized spacial score (nSPS) is 57.9. The highest BCUT2D eigenvalue weighted by atomic mass is 16.3. The number of aliphatic hydroxyl groups is 1. The van der Waals surface area contributed by atoms with E-state index in [0.29, 0.717) is 24.2 Å². The maximum absolute atomic E-state index is 13.1. The van der Waals surface area contributed by atoms with Crippen LogP contribution in [0.3, 0.4) is 0 Å². The van der Waals surface area contributed by atoms with Crippen molar-refractivity contribution in [1.29, 1.82) is 0 Å². The van der Waals surface area contributed by atoms with Gasteiger partial charge in [-0.05, 0) is 112 Å². The van der Waals surface area contributed by atoms with Gasteiger partial charge in [0.1, 0.15) is 0 Å². The van der Waals surface area contributed by atoms with Gasteiger partial charge in [-0.3, -0.25) is 4.79 Å². The van der Waals surface area contributed by atoms with E-state index in [9.17, 15) is 9.90 Å². The van der Waals surface area contributed by atoms with Crippen LogP contribution < -0.4 is 5.32 Å². The predicted octanol–water partition coefficient (Wildman–Crippen LogP) is 3.79. The van der Waals surface area contributed by atoms with Gasteiger partial charge in [0.15, 0.2) is 0 Å². The van der Waals surface area contributed by atoms with Crippen molar-refractivity contribution in [2.75, 3.05) is 0 Å². The maximum atomic E-state index is 13.1. The number of nitrogens with one attached hydrogen (secondary N) is 1. The van der Waals surface area contributed by atoms with Crippen molar-refractivity contribution in [3.63, 3.8) is 0 Å². The van der Waals surface area contributed by atoms with Gasteiger partial charge >= 0.3 is 0 Å². The van der Waals surface area contributed by atoms with Gasteiger partial charge in [-0.2, -0.15) is 0 Å². The standard InChI is InChI=1S/C22H33NO2/c24-19(23-21-7-14-1-15(8-21)3-16(2-14)9-21)12-20-5-17-4-18(6-20)11-22(25,10-17)13-20/h14-18,25H,1-13H2,(H,23,24)/t14?,15?,16?,17-,18-,20?,21?,22?/m1/s1. The van der Waals surface area contributed by atoms with Gasteiger partial charge in [0, 0.05) is 12.0 Å². The van der Waals surface area contributed by atoms with Crippen molar-refractivity contribution < 1.29 is 9.90 Å². The van der Waals surface area contributed by atoms with E-state index in [1.165, 1.54) is 57.8 Å². The van der Waals surface area contributed by atoms with Gasteiger partial charge in [-0.25, -0.2) is 0 Å². The van der Waals surface area contributed by atoms with Gasteiger partial charge in [0.05, 0.1) is 5.60 Å². The molecule has 25 heavy (non-hydrogen) atoms. The summed E-state index contributed by atoms with van der Waals surface area (Å²) in [7, 11) is 0. The van der Waals surface area contributed by atoms with Crippen LogP contribution in [0.5, 0.6) is 0 Å². The summed E-state index contributed by atoms with van der Waals surface area (Å²) in [6, 6.07) is 0. The van der Waals surface area contributed by atoms with Crippen molar-refractivity contribution in [2.45, 2.75) is 94.6 Å². The number of carbonyl (C=O) groups is 1. The van der Waals surface area contributed by atoms with E-state index in [2.05, 4.69) is 5.32 Å². The molecule has 8 rings (SSSR count). The van der Waals surface area contributed by atoms with Gasteiger partial charge in [-0.15, -0.1) is 0 Å². The topological polar surface area (TPSA) is 49.3 Å². The SMILES string of the molecule is O=C(CC12C[C@H]3C[C@@H](CC(O)(C3)C1)C2)NC12CC3CC(CC(C3)C1)C2. The first-order valence-corrected chi connectivity index (χ1v) is 10.9. The van der Waals surface area contributed by atoms with Crippen LogP contribution in [-0.4, -0.2) is 22.2 Å². The lowest BCUT2D eigenvalue weighted by atomic mass is 9.47. The first-order chi connectivity index (χ1) is 11.9. The highest BCUT2D eigenvalue weighted by molar-refractivity contribution is 5.77. The van der Waals surface area contributed by atoms with Crippen molar-refractivity contribution in [3.8, 4) is 0 Å². The van der Waals surface area contributed by atoms with Crippen molar-refractivity contribution >= 4 is 5.91 Å². The lowest BCUT2D eigenvalue weighted by Gasteiger charge is -2.60. The maximum Gasteiger partial charge on any atom is 0.220 e. The number of carbonyl (C=O) groups excluding carboxylic acids is 1. The summed E-state index contributed by atoms with van der Waals surface area (Å²) in [5.41, 5.74) is -0.179. The molecule has 0 unspecified atom stereocenters. The van der Waals surface area contributed by atoms with Crippen LogP contribution in [0.4, 0.5) is 0 Å². The van der Waals surface area contributed by atoms with E-state index in [1.54, 1.807) is 0 Å². The highest BCUT2D eigenvalue weighted by Crippen LogP contribution is 2.63. The summed E-state index contributed by atoms with van der Waals surface area (Å²) in [6.45, 7) is 0. The zero-order valence-electron chi connectivity index (χ0n) is 15.4. The largest absolute Gasteiger partial charge is 0.390 e. The molecule has 0 radical (unpaired) electrons. The Morgan fingerprint density at radius 3 is 1.84 bits per heavy atom. The second kappa shape index (κ2) is 4.82. The third kappa shape index (κ3) is 2.44. The molecule has 8 saturated carbocycles. The van der Waals surface area contributed by atoms with Crippen molar-refractivity contribution in [3.05, 3.63) is 0 Å². The van der Waals surface area contributed by atoms with E-state index in [0.717, 1.165) is 37.0 Å². The molecular weight excluding hydrogens is 310 g/mol. The Bertz CT molecular complexity index is 562. The van der Waals surface area contributed by atoms with Crippen LogP contribution in [0, 0.1) is 35.0 Å². The van der Waals surface area contributed by atoms with Crippen LogP contribution >= 0.6 is 0 Å². The predicted molar refractivity (Wildman–Crippen MR) is 95.7 cm³/mol. The minimum atomic E-state index is -0.439. The van der Waals surface area contributed by atoms with E-state index in [1.807, 2.05) is 0 Å². The molecule has 0 aromatic carbocycles. The Hall–Kier alpha value is -0.570. The Balaban J connectivity index is 1.18. The van der Waals surface area contributed by atoms with E-state index >= 15 is 0 Å². The molecule has 1 amide bonds. The van der Waals surface area contributed by atoms with E-state index < -0.39 is 5.60 Å². The number of amides is 1. The molecule has 3 heteroatoms. The summed E-state index contributed by atoms with van der Waals surface area (Å²) in [5, 5.41) is 14.5. The molecule has 3 nitrogen and oxygen atoms in total. The zero-order valence-corrected chi connectivity index (χ0v) is 15.4. The summed E-state index contributed by atoms with van der Waals surface area (Å²) in [5.74, 6) is 4.31. The van der Waals surface area contributed by atoms with E-state index in [-0.39, 0.29) is 11.0 Å². The van der Waals surface area contributed by atoms with Crippen LogP contribution in [0.15, 0.2) is 0 Å². The fraction of sp³-hybridized carbons (Fsp3) is 0.955. The molecular formula is C22H33NO2. The summed E-state index contributed by atoms with van der Waals surface area (Å²) in [6.07, 6.45) is 15.3. The minimum Gasteiger partial charge on any atom is -0.390 e. The number of hydrogen-bond acceptors (Lipinski definition) is 2. The van der Waals surface area contributed by atoms with Crippen LogP contribution in [0.2, 0.25) is 0 Å². The summed E-state index contributed by atoms with van der Waals surface area (Å²) in [4.78, 5) is 13.1. The lowest BCUT2D eigenvalue weighted by Crippen LogP contribution is -2.61. The molecule has 138 valence electrons. The fourth-order valence-corrected chi connectivity index (χ4v) is 9.55. The average Bonchev–Trinajstić information content (AvgIpc) is 2.40. The molecule has 0 spiro atoms. The minimum absolute atomic E-state index is 0.116. The van der Waals surface area contributed by atoms with Crippen LogP contribution in [-0.2, 0) is 4.79 Å². The molecule has 0 heterocycles. The second-order valence-electron chi connectivity index (χ2n) is 11.6. The van der Waals surface area contributed by atoms with Gasteiger partial charge in [0.25, 0.3) is 0 Å². The van der Waals surface area contributed by atoms with Crippen molar-refractivity contribution in [2.24, 2.45) is 35.0 Å². The average molecular weight is 344 g/mol. The number of rotatable bonds is 3. The van der Waals surface area contributed by atoms with Crippen LogP contribution in [0.1, 0.15) is 83.5 Å². The molecule has 8 bridgehead atoms. The van der Waals surface area contributed by atoms with Gasteiger partial charge in [0.2, 0.25) is 5.91 Å². The van der Waals surface area contributed by atoms with Crippen LogP contribution in [0.25, 0.3) is 0 Å². The van der Waals surface area contributed by atoms with Crippen molar-refractivity contribution in [1.82, 2.24) is 5.32 Å². The monoisotopic (exact) mass is 343 g/mol. The van der Waals surface area contributed by atoms with E-state index in [4.69, 9.17) is 0 Å².